The molecule has 0 saturated heterocycles. The molecule has 98 valence electrons. The lowest BCUT2D eigenvalue weighted by Crippen LogP contribution is -2.29. The van der Waals surface area contributed by atoms with E-state index in [0.29, 0.717) is 5.82 Å². The standard InChI is InChI=1S/C16H13N3O/c20-16(15-17-12-6-2-3-7-13(12)18-15)19-10-9-11-5-1-4-8-14(11)19/h1-8H,9-10H2,(H,17,18). The maximum absolute atomic E-state index is 12.6. The normalized spacial score (nSPS) is 13.7. The van der Waals surface area contributed by atoms with E-state index in [0.717, 1.165) is 29.7 Å². The zero-order chi connectivity index (χ0) is 13.5. The summed E-state index contributed by atoms with van der Waals surface area (Å²) in [6.45, 7) is 0.717. The van der Waals surface area contributed by atoms with Gasteiger partial charge < -0.3 is 9.88 Å². The third-order valence-corrected chi connectivity index (χ3v) is 3.72. The Morgan fingerprint density at radius 3 is 2.80 bits per heavy atom. The zero-order valence-corrected chi connectivity index (χ0v) is 10.8. The number of hydrogen-bond acceptors (Lipinski definition) is 2. The summed E-state index contributed by atoms with van der Waals surface area (Å²) >= 11 is 0. The van der Waals surface area contributed by atoms with Crippen LogP contribution in [0.4, 0.5) is 5.69 Å². The molecule has 1 aromatic heterocycles. The number of carbonyl (C=O) groups is 1. The number of nitrogens with zero attached hydrogens (tertiary/aromatic N) is 2. The van der Waals surface area contributed by atoms with Gasteiger partial charge in [-0.15, -0.1) is 0 Å². The van der Waals surface area contributed by atoms with E-state index in [2.05, 4.69) is 16.0 Å². The van der Waals surface area contributed by atoms with Crippen LogP contribution in [-0.4, -0.2) is 22.4 Å². The summed E-state index contributed by atoms with van der Waals surface area (Å²) in [6.07, 6.45) is 0.905. The molecule has 0 saturated carbocycles. The van der Waals surface area contributed by atoms with Crippen molar-refractivity contribution in [3.63, 3.8) is 0 Å². The summed E-state index contributed by atoms with van der Waals surface area (Å²) in [5.74, 6) is 0.342. The van der Waals surface area contributed by atoms with Gasteiger partial charge in [0.25, 0.3) is 5.91 Å². The number of H-pyrrole nitrogens is 1. The van der Waals surface area contributed by atoms with Crippen molar-refractivity contribution in [1.82, 2.24) is 9.97 Å². The quantitative estimate of drug-likeness (QED) is 0.734. The Morgan fingerprint density at radius 1 is 1.10 bits per heavy atom. The van der Waals surface area contributed by atoms with Crippen LogP contribution in [0.2, 0.25) is 0 Å². The second-order valence-corrected chi connectivity index (χ2v) is 4.94. The van der Waals surface area contributed by atoms with Crippen LogP contribution in [0.5, 0.6) is 0 Å². The van der Waals surface area contributed by atoms with Gasteiger partial charge in [-0.25, -0.2) is 4.98 Å². The van der Waals surface area contributed by atoms with Crippen LogP contribution in [0, 0.1) is 0 Å². The third-order valence-electron chi connectivity index (χ3n) is 3.72. The molecule has 2 heterocycles. The largest absolute Gasteiger partial charge is 0.334 e. The van der Waals surface area contributed by atoms with E-state index in [9.17, 15) is 4.79 Å². The molecule has 0 unspecified atom stereocenters. The fourth-order valence-corrected chi connectivity index (χ4v) is 2.73. The molecule has 0 spiro atoms. The van der Waals surface area contributed by atoms with Crippen molar-refractivity contribution in [2.24, 2.45) is 0 Å². The molecule has 4 nitrogen and oxygen atoms in total. The Morgan fingerprint density at radius 2 is 1.90 bits per heavy atom. The maximum atomic E-state index is 12.6. The number of anilines is 1. The fourth-order valence-electron chi connectivity index (χ4n) is 2.73. The van der Waals surface area contributed by atoms with Crippen molar-refractivity contribution in [1.29, 1.82) is 0 Å². The number of benzene rings is 2. The first-order chi connectivity index (χ1) is 9.83. The molecule has 4 heteroatoms. The fraction of sp³-hybridized carbons (Fsp3) is 0.125. The lowest BCUT2D eigenvalue weighted by molar-refractivity contribution is 0.0980. The summed E-state index contributed by atoms with van der Waals surface area (Å²) in [7, 11) is 0. The molecule has 3 aromatic rings. The molecule has 0 bridgehead atoms. The van der Waals surface area contributed by atoms with Gasteiger partial charge in [-0.1, -0.05) is 30.3 Å². The molecular formula is C16H13N3O. The number of rotatable bonds is 1. The minimum atomic E-state index is -0.0637. The van der Waals surface area contributed by atoms with Gasteiger partial charge in [-0.05, 0) is 30.2 Å². The number of aromatic nitrogens is 2. The lowest BCUT2D eigenvalue weighted by atomic mass is 10.2. The summed E-state index contributed by atoms with van der Waals surface area (Å²) in [5, 5.41) is 0. The van der Waals surface area contributed by atoms with Crippen molar-refractivity contribution < 1.29 is 4.79 Å². The van der Waals surface area contributed by atoms with Gasteiger partial charge in [-0.2, -0.15) is 0 Å². The molecule has 0 atom stereocenters. The van der Waals surface area contributed by atoms with E-state index in [1.807, 2.05) is 42.5 Å². The topological polar surface area (TPSA) is 49.0 Å². The molecule has 1 amide bonds. The first kappa shape index (κ1) is 11.2. The molecule has 0 radical (unpaired) electrons. The predicted molar refractivity (Wildman–Crippen MR) is 77.9 cm³/mol. The van der Waals surface area contributed by atoms with Crippen molar-refractivity contribution in [3.05, 3.63) is 59.9 Å². The summed E-state index contributed by atoms with van der Waals surface area (Å²) in [4.78, 5) is 21.9. The first-order valence-corrected chi connectivity index (χ1v) is 6.67. The Hall–Kier alpha value is -2.62. The van der Waals surface area contributed by atoms with Gasteiger partial charge in [-0.3, -0.25) is 4.79 Å². The summed E-state index contributed by atoms with van der Waals surface area (Å²) < 4.78 is 0. The Kier molecular flexibility index (Phi) is 2.36. The molecule has 1 N–H and O–H groups in total. The number of carbonyl (C=O) groups excluding carboxylic acids is 1. The van der Waals surface area contributed by atoms with E-state index in [1.54, 1.807) is 4.90 Å². The van der Waals surface area contributed by atoms with Gasteiger partial charge in [0.1, 0.15) is 0 Å². The van der Waals surface area contributed by atoms with E-state index in [1.165, 1.54) is 5.56 Å². The highest BCUT2D eigenvalue weighted by molar-refractivity contribution is 6.06. The molecule has 0 fully saturated rings. The van der Waals surface area contributed by atoms with E-state index >= 15 is 0 Å². The predicted octanol–water partition coefficient (Wildman–Crippen LogP) is 2.77. The van der Waals surface area contributed by atoms with Crippen molar-refractivity contribution in [3.8, 4) is 0 Å². The average Bonchev–Trinajstić information content (AvgIpc) is 3.10. The van der Waals surface area contributed by atoms with Crippen LogP contribution >= 0.6 is 0 Å². The van der Waals surface area contributed by atoms with Gasteiger partial charge in [0, 0.05) is 12.2 Å². The summed E-state index contributed by atoms with van der Waals surface area (Å²) in [6, 6.07) is 15.7. The van der Waals surface area contributed by atoms with Gasteiger partial charge in [0.05, 0.1) is 11.0 Å². The van der Waals surface area contributed by atoms with Crippen LogP contribution < -0.4 is 4.90 Å². The molecule has 1 aliphatic rings. The van der Waals surface area contributed by atoms with Crippen LogP contribution in [0.1, 0.15) is 16.2 Å². The minimum Gasteiger partial charge on any atom is -0.334 e. The Balaban J connectivity index is 1.74. The molecule has 2 aromatic carbocycles. The maximum Gasteiger partial charge on any atom is 0.294 e. The average molecular weight is 263 g/mol. The van der Waals surface area contributed by atoms with Crippen LogP contribution in [-0.2, 0) is 6.42 Å². The number of nitrogens with one attached hydrogen (secondary N) is 1. The zero-order valence-electron chi connectivity index (χ0n) is 10.8. The number of para-hydroxylation sites is 3. The molecular weight excluding hydrogens is 250 g/mol. The smallest absolute Gasteiger partial charge is 0.294 e. The number of amides is 1. The highest BCUT2D eigenvalue weighted by Crippen LogP contribution is 2.28. The van der Waals surface area contributed by atoms with Crippen molar-refractivity contribution in [2.45, 2.75) is 6.42 Å². The van der Waals surface area contributed by atoms with Crippen LogP contribution in [0.15, 0.2) is 48.5 Å². The number of imidazole rings is 1. The van der Waals surface area contributed by atoms with Gasteiger partial charge in [0.2, 0.25) is 0 Å². The van der Waals surface area contributed by atoms with Gasteiger partial charge >= 0.3 is 0 Å². The molecule has 0 aliphatic carbocycles. The molecule has 4 rings (SSSR count). The second-order valence-electron chi connectivity index (χ2n) is 4.94. The monoisotopic (exact) mass is 263 g/mol. The van der Waals surface area contributed by atoms with E-state index in [-0.39, 0.29) is 5.91 Å². The Labute approximate surface area is 116 Å². The van der Waals surface area contributed by atoms with Crippen LogP contribution in [0.3, 0.4) is 0 Å². The highest BCUT2D eigenvalue weighted by Gasteiger charge is 2.26. The third kappa shape index (κ3) is 1.61. The highest BCUT2D eigenvalue weighted by atomic mass is 16.2. The number of hydrogen-bond donors (Lipinski definition) is 1. The van der Waals surface area contributed by atoms with E-state index < -0.39 is 0 Å². The molecule has 1 aliphatic heterocycles. The number of aromatic amines is 1. The lowest BCUT2D eigenvalue weighted by Gasteiger charge is -2.15. The Bertz CT molecular complexity index is 773. The molecule has 20 heavy (non-hydrogen) atoms. The minimum absolute atomic E-state index is 0.0637. The second kappa shape index (κ2) is 4.20. The first-order valence-electron chi connectivity index (χ1n) is 6.67. The van der Waals surface area contributed by atoms with E-state index in [4.69, 9.17) is 0 Å². The SMILES string of the molecule is O=C(c1nc2ccccc2[nH]1)N1CCc2ccccc21. The van der Waals surface area contributed by atoms with Crippen molar-refractivity contribution in [2.75, 3.05) is 11.4 Å². The van der Waals surface area contributed by atoms with Gasteiger partial charge in [0.15, 0.2) is 5.82 Å². The van der Waals surface area contributed by atoms with Crippen molar-refractivity contribution >= 4 is 22.6 Å². The number of fused-ring (bicyclic) bond motifs is 2. The van der Waals surface area contributed by atoms with Crippen LogP contribution in [0.25, 0.3) is 11.0 Å². The summed E-state index contributed by atoms with van der Waals surface area (Å²) in [5.41, 5.74) is 3.93.